The Kier molecular flexibility index (Phi) is 3.77. The second-order valence-corrected chi connectivity index (χ2v) is 4.44. The zero-order chi connectivity index (χ0) is 14.0. The van der Waals surface area contributed by atoms with Crippen molar-refractivity contribution in [2.24, 2.45) is 0 Å². The van der Waals surface area contributed by atoms with E-state index in [-0.39, 0.29) is 5.02 Å². The Labute approximate surface area is 116 Å². The van der Waals surface area contributed by atoms with Crippen LogP contribution in [0.2, 0.25) is 5.02 Å². The average Bonchev–Trinajstić information content (AvgIpc) is 2.71. The fourth-order valence-electron chi connectivity index (χ4n) is 1.91. The number of halogens is 2. The van der Waals surface area contributed by atoms with Gasteiger partial charge in [0.15, 0.2) is 0 Å². The van der Waals surface area contributed by atoms with Crippen molar-refractivity contribution in [3.63, 3.8) is 0 Å². The van der Waals surface area contributed by atoms with Crippen LogP contribution in [0.5, 0.6) is 0 Å². The number of rotatable bonds is 3. The van der Waals surface area contributed by atoms with Crippen molar-refractivity contribution in [3.05, 3.63) is 34.9 Å². The molecule has 0 amide bonds. The molecule has 0 saturated carbocycles. The number of hydrogen-bond acceptors (Lipinski definition) is 2. The Hall–Kier alpha value is -1.99. The molecule has 98 valence electrons. The minimum atomic E-state index is -0.470. The summed E-state index contributed by atoms with van der Waals surface area (Å²) in [6.45, 7) is 2.33. The van der Waals surface area contributed by atoms with Crippen molar-refractivity contribution in [2.75, 3.05) is 5.73 Å². The van der Waals surface area contributed by atoms with Crippen LogP contribution in [-0.4, -0.2) is 9.55 Å². The molecule has 3 nitrogen and oxygen atoms in total. The summed E-state index contributed by atoms with van der Waals surface area (Å²) in [5, 5.41) is 0.0430. The topological polar surface area (TPSA) is 43.8 Å². The van der Waals surface area contributed by atoms with Crippen LogP contribution in [0.15, 0.2) is 18.2 Å². The molecular weight excluding hydrogens is 265 g/mol. The maximum Gasteiger partial charge on any atom is 0.141 e. The number of nitrogens with two attached hydrogens (primary N) is 1. The Bertz CT molecular complexity index is 655. The maximum absolute atomic E-state index is 13.2. The monoisotopic (exact) mass is 277 g/mol. The quantitative estimate of drug-likeness (QED) is 0.876. The molecule has 0 radical (unpaired) electrons. The first-order valence-corrected chi connectivity index (χ1v) is 6.20. The van der Waals surface area contributed by atoms with Gasteiger partial charge in [0, 0.05) is 12.0 Å². The lowest BCUT2D eigenvalue weighted by molar-refractivity contribution is 0.628. The molecule has 0 aliphatic carbocycles. The molecule has 2 N–H and O–H groups in total. The van der Waals surface area contributed by atoms with Crippen LogP contribution in [0.1, 0.15) is 12.7 Å². The van der Waals surface area contributed by atoms with Gasteiger partial charge in [0.05, 0.1) is 11.6 Å². The van der Waals surface area contributed by atoms with Crippen molar-refractivity contribution >= 4 is 17.4 Å². The van der Waals surface area contributed by atoms with E-state index in [4.69, 9.17) is 23.8 Å². The van der Waals surface area contributed by atoms with Gasteiger partial charge < -0.3 is 10.3 Å². The van der Waals surface area contributed by atoms with E-state index in [2.05, 4.69) is 10.9 Å². The van der Waals surface area contributed by atoms with Crippen LogP contribution in [0.3, 0.4) is 0 Å². The van der Waals surface area contributed by atoms with Crippen LogP contribution in [0, 0.1) is 18.2 Å². The van der Waals surface area contributed by atoms with Crippen LogP contribution in [0.25, 0.3) is 11.3 Å². The van der Waals surface area contributed by atoms with Gasteiger partial charge in [0.2, 0.25) is 0 Å². The zero-order valence-electron chi connectivity index (χ0n) is 10.5. The van der Waals surface area contributed by atoms with Gasteiger partial charge in [-0.1, -0.05) is 24.4 Å². The van der Waals surface area contributed by atoms with Gasteiger partial charge in [-0.2, -0.15) is 0 Å². The molecule has 5 heteroatoms. The van der Waals surface area contributed by atoms with Gasteiger partial charge >= 0.3 is 0 Å². The molecule has 0 saturated heterocycles. The Balaban J connectivity index is 2.56. The van der Waals surface area contributed by atoms with Gasteiger partial charge in [-0.05, 0) is 18.2 Å². The predicted molar refractivity (Wildman–Crippen MR) is 75.3 cm³/mol. The molecule has 0 unspecified atom stereocenters. The first kappa shape index (κ1) is 13.4. The Morgan fingerprint density at radius 3 is 2.84 bits per heavy atom. The minimum Gasteiger partial charge on any atom is -0.383 e. The second kappa shape index (κ2) is 5.33. The molecule has 1 aromatic carbocycles. The molecule has 0 aliphatic rings. The van der Waals surface area contributed by atoms with E-state index in [0.29, 0.717) is 30.0 Å². The highest BCUT2D eigenvalue weighted by Crippen LogP contribution is 2.29. The summed E-state index contributed by atoms with van der Waals surface area (Å²) in [7, 11) is 0. The number of imidazole rings is 1. The highest BCUT2D eigenvalue weighted by molar-refractivity contribution is 6.31. The lowest BCUT2D eigenvalue weighted by Crippen LogP contribution is -2.05. The molecule has 0 fully saturated rings. The molecule has 0 atom stereocenters. The van der Waals surface area contributed by atoms with Gasteiger partial charge in [0.25, 0.3) is 0 Å². The third-order valence-electron chi connectivity index (χ3n) is 2.84. The van der Waals surface area contributed by atoms with E-state index < -0.39 is 5.82 Å². The molecule has 2 aromatic rings. The lowest BCUT2D eigenvalue weighted by Gasteiger charge is -2.04. The van der Waals surface area contributed by atoms with Crippen molar-refractivity contribution in [1.29, 1.82) is 0 Å². The van der Waals surface area contributed by atoms with E-state index >= 15 is 0 Å². The summed E-state index contributed by atoms with van der Waals surface area (Å²) in [6.07, 6.45) is 6.03. The van der Waals surface area contributed by atoms with Crippen LogP contribution < -0.4 is 5.73 Å². The third-order valence-corrected chi connectivity index (χ3v) is 3.13. The van der Waals surface area contributed by atoms with E-state index in [1.807, 2.05) is 6.92 Å². The van der Waals surface area contributed by atoms with Crippen molar-refractivity contribution in [2.45, 2.75) is 19.9 Å². The predicted octanol–water partition coefficient (Wildman–Crippen LogP) is 3.12. The molecule has 0 aliphatic heterocycles. The highest BCUT2D eigenvalue weighted by Gasteiger charge is 2.15. The van der Waals surface area contributed by atoms with E-state index in [9.17, 15) is 4.39 Å². The number of aromatic nitrogens is 2. The Morgan fingerprint density at radius 2 is 2.26 bits per heavy atom. The van der Waals surface area contributed by atoms with Crippen LogP contribution >= 0.6 is 11.6 Å². The maximum atomic E-state index is 13.2. The smallest absolute Gasteiger partial charge is 0.141 e. The van der Waals surface area contributed by atoms with Gasteiger partial charge in [-0.15, -0.1) is 6.42 Å². The standard InChI is InChI=1S/C14H13ClFN3/c1-3-7-19-12(4-2)18-13(14(19)17)9-5-6-11(16)10(15)8-9/h1,5-6,8H,4,7,17H2,2H3. The summed E-state index contributed by atoms with van der Waals surface area (Å²) in [5.41, 5.74) is 7.31. The Morgan fingerprint density at radius 1 is 1.53 bits per heavy atom. The number of anilines is 1. The first-order valence-electron chi connectivity index (χ1n) is 5.82. The fraction of sp³-hybridized carbons (Fsp3) is 0.214. The average molecular weight is 278 g/mol. The summed E-state index contributed by atoms with van der Waals surface area (Å²) < 4.78 is 14.9. The third kappa shape index (κ3) is 2.42. The number of benzene rings is 1. The van der Waals surface area contributed by atoms with Gasteiger partial charge in [-0.3, -0.25) is 0 Å². The van der Waals surface area contributed by atoms with E-state index in [1.165, 1.54) is 12.1 Å². The summed E-state index contributed by atoms with van der Waals surface area (Å²) in [4.78, 5) is 4.45. The number of aryl methyl sites for hydroxylation is 1. The SMILES string of the molecule is C#CCn1c(CC)nc(-c2ccc(F)c(Cl)c2)c1N. The summed E-state index contributed by atoms with van der Waals surface area (Å²) in [5.74, 6) is 3.34. The largest absolute Gasteiger partial charge is 0.383 e. The van der Waals surface area contributed by atoms with Crippen molar-refractivity contribution in [3.8, 4) is 23.6 Å². The molecule has 0 bridgehead atoms. The van der Waals surface area contributed by atoms with Crippen molar-refractivity contribution < 1.29 is 4.39 Å². The molecule has 1 heterocycles. The number of nitrogen functional groups attached to an aromatic ring is 1. The van der Waals surface area contributed by atoms with Crippen LogP contribution in [0.4, 0.5) is 10.2 Å². The van der Waals surface area contributed by atoms with E-state index in [1.54, 1.807) is 10.6 Å². The second-order valence-electron chi connectivity index (χ2n) is 4.03. The summed E-state index contributed by atoms with van der Waals surface area (Å²) >= 11 is 5.77. The molecule has 2 rings (SSSR count). The number of hydrogen-bond donors (Lipinski definition) is 1. The number of terminal acetylenes is 1. The first-order chi connectivity index (χ1) is 9.08. The van der Waals surface area contributed by atoms with Crippen LogP contribution in [-0.2, 0) is 13.0 Å². The minimum absolute atomic E-state index is 0.0430. The molecule has 19 heavy (non-hydrogen) atoms. The summed E-state index contributed by atoms with van der Waals surface area (Å²) in [6, 6.07) is 4.40. The van der Waals surface area contributed by atoms with Gasteiger partial charge in [0.1, 0.15) is 23.2 Å². The molecular formula is C14H13ClFN3. The zero-order valence-corrected chi connectivity index (χ0v) is 11.2. The van der Waals surface area contributed by atoms with Gasteiger partial charge in [-0.25, -0.2) is 9.37 Å². The highest BCUT2D eigenvalue weighted by atomic mass is 35.5. The molecule has 1 aromatic heterocycles. The van der Waals surface area contributed by atoms with E-state index in [0.717, 1.165) is 5.82 Å². The number of nitrogens with zero attached hydrogens (tertiary/aromatic N) is 2. The lowest BCUT2D eigenvalue weighted by atomic mass is 10.1. The fourth-order valence-corrected chi connectivity index (χ4v) is 2.09. The normalized spacial score (nSPS) is 10.4. The van der Waals surface area contributed by atoms with Crippen molar-refractivity contribution in [1.82, 2.24) is 9.55 Å². The molecule has 0 spiro atoms.